The summed E-state index contributed by atoms with van der Waals surface area (Å²) < 4.78 is 15.9. The fourth-order valence-electron chi connectivity index (χ4n) is 2.32. The molecule has 0 spiro atoms. The van der Waals surface area contributed by atoms with Gasteiger partial charge in [-0.1, -0.05) is 17.3 Å². The zero-order valence-corrected chi connectivity index (χ0v) is 12.8. The smallest absolute Gasteiger partial charge is 0.257 e. The van der Waals surface area contributed by atoms with Gasteiger partial charge in [0.15, 0.2) is 5.76 Å². The fourth-order valence-corrected chi connectivity index (χ4v) is 2.32. The molecule has 6 nitrogen and oxygen atoms in total. The number of rotatable bonds is 5. The largest absolute Gasteiger partial charge is 0.496 e. The normalized spacial score (nSPS) is 10.5. The molecule has 0 saturated heterocycles. The Hall–Kier alpha value is -3.02. The van der Waals surface area contributed by atoms with E-state index in [1.807, 2.05) is 18.2 Å². The van der Waals surface area contributed by atoms with Crippen molar-refractivity contribution in [1.29, 1.82) is 0 Å². The van der Waals surface area contributed by atoms with Crippen molar-refractivity contribution in [2.24, 2.45) is 0 Å². The van der Waals surface area contributed by atoms with Crippen LogP contribution in [0.15, 0.2) is 51.6 Å². The number of methoxy groups -OCH3 is 1. The van der Waals surface area contributed by atoms with Crippen LogP contribution in [-0.2, 0) is 6.54 Å². The number of hydrogen-bond donors (Lipinski definition) is 1. The van der Waals surface area contributed by atoms with Crippen LogP contribution < -0.4 is 10.1 Å². The minimum Gasteiger partial charge on any atom is -0.496 e. The Kier molecular flexibility index (Phi) is 4.14. The first-order valence-corrected chi connectivity index (χ1v) is 7.11. The van der Waals surface area contributed by atoms with E-state index < -0.39 is 0 Å². The molecule has 0 aliphatic heterocycles. The van der Waals surface area contributed by atoms with Gasteiger partial charge < -0.3 is 19.0 Å². The van der Waals surface area contributed by atoms with E-state index in [1.165, 1.54) is 0 Å². The Balaban J connectivity index is 1.90. The summed E-state index contributed by atoms with van der Waals surface area (Å²) in [6, 6.07) is 10.9. The lowest BCUT2D eigenvalue weighted by Gasteiger charge is -2.07. The SMILES string of the molecule is COc1ccccc1-c1onc(C)c1C(=O)NCc1ccco1. The molecule has 0 atom stereocenters. The molecule has 0 aliphatic carbocycles. The minimum absolute atomic E-state index is 0.277. The summed E-state index contributed by atoms with van der Waals surface area (Å²) in [5, 5.41) is 6.72. The molecule has 23 heavy (non-hydrogen) atoms. The molecule has 0 saturated carbocycles. The van der Waals surface area contributed by atoms with Gasteiger partial charge >= 0.3 is 0 Å². The number of ether oxygens (including phenoxy) is 1. The van der Waals surface area contributed by atoms with Crippen molar-refractivity contribution >= 4 is 5.91 Å². The van der Waals surface area contributed by atoms with Crippen LogP contribution in [0.4, 0.5) is 0 Å². The van der Waals surface area contributed by atoms with E-state index >= 15 is 0 Å². The Morgan fingerprint density at radius 3 is 2.83 bits per heavy atom. The maximum atomic E-state index is 12.5. The third-order valence-corrected chi connectivity index (χ3v) is 3.44. The molecule has 1 amide bonds. The molecule has 1 N–H and O–H groups in total. The molecule has 3 aromatic rings. The molecule has 118 valence electrons. The Bertz CT molecular complexity index is 806. The molecule has 2 aromatic heterocycles. The van der Waals surface area contributed by atoms with Crippen molar-refractivity contribution in [2.45, 2.75) is 13.5 Å². The number of carbonyl (C=O) groups excluding carboxylic acids is 1. The molecule has 0 unspecified atom stereocenters. The summed E-state index contributed by atoms with van der Waals surface area (Å²) in [5.41, 5.74) is 1.59. The lowest BCUT2D eigenvalue weighted by atomic mass is 10.1. The maximum Gasteiger partial charge on any atom is 0.257 e. The average Bonchev–Trinajstić information content (AvgIpc) is 3.22. The van der Waals surface area contributed by atoms with Crippen LogP contribution in [0.25, 0.3) is 11.3 Å². The fraction of sp³-hybridized carbons (Fsp3) is 0.176. The Labute approximate surface area is 133 Å². The van der Waals surface area contributed by atoms with E-state index in [0.717, 1.165) is 0 Å². The van der Waals surface area contributed by atoms with E-state index in [4.69, 9.17) is 13.7 Å². The monoisotopic (exact) mass is 312 g/mol. The van der Waals surface area contributed by atoms with Gasteiger partial charge in [0, 0.05) is 0 Å². The third-order valence-electron chi connectivity index (χ3n) is 3.44. The molecule has 0 fully saturated rings. The predicted molar refractivity (Wildman–Crippen MR) is 83.1 cm³/mol. The highest BCUT2D eigenvalue weighted by Gasteiger charge is 2.23. The van der Waals surface area contributed by atoms with Crippen LogP contribution >= 0.6 is 0 Å². The zero-order valence-electron chi connectivity index (χ0n) is 12.8. The van der Waals surface area contributed by atoms with Crippen LogP contribution in [0.1, 0.15) is 21.8 Å². The molecule has 6 heteroatoms. The van der Waals surface area contributed by atoms with Crippen LogP contribution in [-0.4, -0.2) is 18.2 Å². The van der Waals surface area contributed by atoms with Gasteiger partial charge in [-0.3, -0.25) is 4.79 Å². The molecule has 0 bridgehead atoms. The van der Waals surface area contributed by atoms with Crippen molar-refractivity contribution in [1.82, 2.24) is 10.5 Å². The van der Waals surface area contributed by atoms with Gasteiger partial charge in [-0.25, -0.2) is 0 Å². The van der Waals surface area contributed by atoms with Crippen LogP contribution in [0.5, 0.6) is 5.75 Å². The number of aryl methyl sites for hydroxylation is 1. The topological polar surface area (TPSA) is 77.5 Å². The predicted octanol–water partition coefficient (Wildman–Crippen LogP) is 3.18. The second kappa shape index (κ2) is 6.39. The highest BCUT2D eigenvalue weighted by molar-refractivity contribution is 6.01. The minimum atomic E-state index is -0.277. The number of aromatic nitrogens is 1. The number of carbonyl (C=O) groups is 1. The van der Waals surface area contributed by atoms with Crippen LogP contribution in [0.2, 0.25) is 0 Å². The second-order valence-electron chi connectivity index (χ2n) is 4.93. The third kappa shape index (κ3) is 2.96. The van der Waals surface area contributed by atoms with E-state index in [-0.39, 0.29) is 5.91 Å². The average molecular weight is 312 g/mol. The summed E-state index contributed by atoms with van der Waals surface area (Å²) in [6.45, 7) is 2.02. The zero-order chi connectivity index (χ0) is 16.2. The van der Waals surface area contributed by atoms with Gasteiger partial charge in [-0.15, -0.1) is 0 Å². The van der Waals surface area contributed by atoms with E-state index in [2.05, 4.69) is 10.5 Å². The maximum absolute atomic E-state index is 12.5. The van der Waals surface area contributed by atoms with Gasteiger partial charge in [0.25, 0.3) is 5.91 Å². The second-order valence-corrected chi connectivity index (χ2v) is 4.93. The number of nitrogens with one attached hydrogen (secondary N) is 1. The van der Waals surface area contributed by atoms with E-state index in [9.17, 15) is 4.79 Å². The molecule has 0 aliphatic rings. The summed E-state index contributed by atoms with van der Waals surface area (Å²) in [7, 11) is 1.57. The number of nitrogens with zero attached hydrogens (tertiary/aromatic N) is 1. The first-order chi connectivity index (χ1) is 11.2. The number of benzene rings is 1. The number of para-hydroxylation sites is 1. The van der Waals surface area contributed by atoms with Gasteiger partial charge in [0.2, 0.25) is 0 Å². The molecule has 0 radical (unpaired) electrons. The lowest BCUT2D eigenvalue weighted by Crippen LogP contribution is -2.23. The lowest BCUT2D eigenvalue weighted by molar-refractivity contribution is 0.0947. The van der Waals surface area contributed by atoms with E-state index in [0.29, 0.717) is 40.6 Å². The van der Waals surface area contributed by atoms with Crippen molar-refractivity contribution in [2.75, 3.05) is 7.11 Å². The standard InChI is InChI=1S/C17H16N2O4/c1-11-15(17(20)18-10-12-6-5-9-22-12)16(23-19-11)13-7-3-4-8-14(13)21-2/h3-9H,10H2,1-2H3,(H,18,20). The molecule has 2 heterocycles. The van der Waals surface area contributed by atoms with Gasteiger partial charge in [-0.05, 0) is 31.2 Å². The van der Waals surface area contributed by atoms with Crippen LogP contribution in [0, 0.1) is 6.92 Å². The van der Waals surface area contributed by atoms with Crippen molar-refractivity contribution in [3.8, 4) is 17.1 Å². The summed E-state index contributed by atoms with van der Waals surface area (Å²) in [4.78, 5) is 12.5. The summed E-state index contributed by atoms with van der Waals surface area (Å²) >= 11 is 0. The van der Waals surface area contributed by atoms with Gasteiger partial charge in [-0.2, -0.15) is 0 Å². The van der Waals surface area contributed by atoms with Gasteiger partial charge in [0.05, 0.1) is 31.2 Å². The summed E-state index contributed by atoms with van der Waals surface area (Å²) in [5.74, 6) is 1.40. The molecular formula is C17H16N2O4. The summed E-state index contributed by atoms with van der Waals surface area (Å²) in [6.07, 6.45) is 1.56. The number of hydrogen-bond acceptors (Lipinski definition) is 5. The highest BCUT2D eigenvalue weighted by atomic mass is 16.5. The first-order valence-electron chi connectivity index (χ1n) is 7.11. The van der Waals surface area contributed by atoms with E-state index in [1.54, 1.807) is 38.5 Å². The molecular weight excluding hydrogens is 296 g/mol. The Morgan fingerprint density at radius 2 is 2.09 bits per heavy atom. The van der Waals surface area contributed by atoms with Crippen molar-refractivity contribution in [3.05, 3.63) is 59.7 Å². The van der Waals surface area contributed by atoms with Crippen molar-refractivity contribution in [3.63, 3.8) is 0 Å². The van der Waals surface area contributed by atoms with Crippen molar-refractivity contribution < 1.29 is 18.5 Å². The number of furan rings is 1. The highest BCUT2D eigenvalue weighted by Crippen LogP contribution is 2.33. The van der Waals surface area contributed by atoms with Gasteiger partial charge in [0.1, 0.15) is 17.1 Å². The molecule has 1 aromatic carbocycles. The first kappa shape index (κ1) is 14.9. The molecule has 3 rings (SSSR count). The van der Waals surface area contributed by atoms with Crippen LogP contribution in [0.3, 0.4) is 0 Å². The Morgan fingerprint density at radius 1 is 1.26 bits per heavy atom. The number of amides is 1. The quantitative estimate of drug-likeness (QED) is 0.783.